The molecule has 0 atom stereocenters. The average Bonchev–Trinajstić information content (AvgIpc) is 2.59. The topological polar surface area (TPSA) is 211 Å². The Labute approximate surface area is 187 Å². The summed E-state index contributed by atoms with van der Waals surface area (Å²) in [4.78, 5) is 43.3. The van der Waals surface area contributed by atoms with Gasteiger partial charge in [-0.1, -0.05) is 6.07 Å². The predicted molar refractivity (Wildman–Crippen MR) is 106 cm³/mol. The number of rotatable bonds is 8. The molecule has 0 fully saturated rings. The zero-order valence-electron chi connectivity index (χ0n) is 16.5. The van der Waals surface area contributed by atoms with Gasteiger partial charge < -0.3 is 20.5 Å². The molecular weight excluding hydrogens is 425 g/mol. The molecule has 0 spiro atoms. The summed E-state index contributed by atoms with van der Waals surface area (Å²) in [6, 6.07) is 6.75. The fraction of sp³-hybridized carbons (Fsp3) is 0.200. The summed E-state index contributed by atoms with van der Waals surface area (Å²) in [5.74, 6) is -0.281. The molecule has 0 bridgehead atoms. The molecule has 3 aromatic rings. The van der Waals surface area contributed by atoms with E-state index in [-0.39, 0.29) is 43.3 Å². The van der Waals surface area contributed by atoms with Gasteiger partial charge in [-0.05, 0) is 25.1 Å². The number of benzene rings is 1. The molecule has 2 aromatic heterocycles. The summed E-state index contributed by atoms with van der Waals surface area (Å²) in [7, 11) is -4.41. The van der Waals surface area contributed by atoms with E-state index < -0.39 is 27.3 Å². The van der Waals surface area contributed by atoms with Crippen LogP contribution in [-0.4, -0.2) is 55.2 Å². The van der Waals surface area contributed by atoms with E-state index in [2.05, 4.69) is 45.9 Å². The predicted octanol–water partition coefficient (Wildman–Crippen LogP) is -3.60. The van der Waals surface area contributed by atoms with Crippen molar-refractivity contribution in [3.05, 3.63) is 51.1 Å². The van der Waals surface area contributed by atoms with Crippen molar-refractivity contribution in [2.75, 3.05) is 28.2 Å². The second kappa shape index (κ2) is 10.2. The molecule has 0 aliphatic carbocycles. The smallest absolute Gasteiger partial charge is 0.748 e. The molecule has 2 heterocycles. The van der Waals surface area contributed by atoms with Gasteiger partial charge in [0.15, 0.2) is 0 Å². The van der Waals surface area contributed by atoms with Crippen LogP contribution in [0.4, 0.5) is 29.2 Å². The Morgan fingerprint density at radius 3 is 2.29 bits per heavy atom. The number of hydrogen-bond acceptors (Lipinski definition) is 12. The Balaban J connectivity index is 0.00000341. The third-order valence-electron chi connectivity index (χ3n) is 3.44. The second-order valence-electron chi connectivity index (χ2n) is 5.91. The third-order valence-corrected chi connectivity index (χ3v) is 4.14. The number of aromatic nitrogens is 6. The number of anilines is 5. The molecule has 0 radical (unpaired) electrons. The van der Waals surface area contributed by atoms with Crippen molar-refractivity contribution < 1.29 is 31.8 Å². The monoisotopic (exact) mass is 441 g/mol. The van der Waals surface area contributed by atoms with Crippen molar-refractivity contribution in [1.29, 1.82) is 0 Å². The first-order valence-corrected chi connectivity index (χ1v) is 9.99. The molecule has 14 nitrogen and oxygen atoms in total. The summed E-state index contributed by atoms with van der Waals surface area (Å²) in [5, 5.41) is 8.26. The number of hydrogen-bond donors (Lipinski definition) is 5. The van der Waals surface area contributed by atoms with Gasteiger partial charge in [-0.3, -0.25) is 9.97 Å². The maximum atomic E-state index is 11.7. The van der Waals surface area contributed by atoms with E-state index in [4.69, 9.17) is 0 Å². The van der Waals surface area contributed by atoms with Crippen molar-refractivity contribution in [3.8, 4) is 0 Å². The fourth-order valence-electron chi connectivity index (χ4n) is 2.30. The number of aromatic amines is 2. The Morgan fingerprint density at radius 1 is 0.968 bits per heavy atom. The Hall–Kier alpha value is -3.25. The van der Waals surface area contributed by atoms with Crippen molar-refractivity contribution in [3.63, 3.8) is 0 Å². The summed E-state index contributed by atoms with van der Waals surface area (Å²) in [5.41, 5.74) is -0.200. The molecule has 3 rings (SSSR count). The van der Waals surface area contributed by atoms with Gasteiger partial charge >= 0.3 is 30.2 Å². The van der Waals surface area contributed by atoms with Crippen LogP contribution < -0.4 is 46.2 Å². The van der Waals surface area contributed by atoms with E-state index in [0.717, 1.165) is 0 Å². The van der Waals surface area contributed by atoms with Crippen LogP contribution in [0.1, 0.15) is 5.82 Å². The van der Waals surface area contributed by atoms with Crippen molar-refractivity contribution in [2.24, 2.45) is 0 Å². The van der Waals surface area contributed by atoms with Gasteiger partial charge in [0.05, 0.1) is 15.9 Å². The third kappa shape index (κ3) is 7.83. The summed E-state index contributed by atoms with van der Waals surface area (Å²) < 4.78 is 31.9. The molecule has 0 saturated heterocycles. The Kier molecular flexibility index (Phi) is 7.88. The van der Waals surface area contributed by atoms with E-state index in [1.807, 2.05) is 0 Å². The van der Waals surface area contributed by atoms with E-state index >= 15 is 0 Å². The van der Waals surface area contributed by atoms with E-state index in [0.29, 0.717) is 17.2 Å². The molecule has 0 saturated carbocycles. The molecule has 158 valence electrons. The molecule has 1 aromatic carbocycles. The molecular formula is C15H16LiN9O5S. The largest absolute Gasteiger partial charge is 1.00 e. The number of aryl methyl sites for hydroxylation is 1. The molecule has 31 heavy (non-hydrogen) atoms. The van der Waals surface area contributed by atoms with Gasteiger partial charge in [0, 0.05) is 17.9 Å². The van der Waals surface area contributed by atoms with Crippen LogP contribution in [-0.2, 0) is 10.1 Å². The van der Waals surface area contributed by atoms with Gasteiger partial charge in [-0.2, -0.15) is 19.9 Å². The first-order chi connectivity index (χ1) is 14.2. The van der Waals surface area contributed by atoms with Gasteiger partial charge in [0.2, 0.25) is 17.8 Å². The number of nitrogens with zero attached hydrogens (tertiary/aromatic N) is 4. The minimum absolute atomic E-state index is 0. The van der Waals surface area contributed by atoms with Crippen molar-refractivity contribution in [2.45, 2.75) is 6.92 Å². The quantitative estimate of drug-likeness (QED) is 0.169. The van der Waals surface area contributed by atoms with E-state index in [1.54, 1.807) is 31.2 Å². The minimum atomic E-state index is -4.41. The second-order valence-corrected chi connectivity index (χ2v) is 7.43. The summed E-state index contributed by atoms with van der Waals surface area (Å²) in [6.07, 6.45) is 0. The molecule has 5 N–H and O–H groups in total. The van der Waals surface area contributed by atoms with Crippen LogP contribution in [0.5, 0.6) is 0 Å². The maximum absolute atomic E-state index is 11.7. The number of nitrogens with one attached hydrogen (secondary N) is 5. The first-order valence-electron chi connectivity index (χ1n) is 8.41. The normalized spacial score (nSPS) is 10.8. The van der Waals surface area contributed by atoms with Crippen LogP contribution in [0.2, 0.25) is 0 Å². The van der Waals surface area contributed by atoms with Gasteiger partial charge in [-0.25, -0.2) is 18.0 Å². The fourth-order valence-corrected chi connectivity index (χ4v) is 2.65. The molecule has 0 aliphatic heterocycles. The zero-order valence-corrected chi connectivity index (χ0v) is 17.3. The molecule has 0 amide bonds. The van der Waals surface area contributed by atoms with Gasteiger partial charge in [0.1, 0.15) is 5.82 Å². The Bertz CT molecular complexity index is 1280. The maximum Gasteiger partial charge on any atom is 1.00 e. The SMILES string of the molecule is Cc1nc(Nc2cccc(Nc3nc(NCCS(=O)(=O)[O-])nc(=O)[nH]3)c2)nc(=O)[nH]1.[Li+]. The van der Waals surface area contributed by atoms with Crippen LogP contribution in [0, 0.1) is 6.92 Å². The van der Waals surface area contributed by atoms with Crippen LogP contribution >= 0.6 is 0 Å². The first kappa shape index (κ1) is 24.0. The molecule has 0 unspecified atom stereocenters. The minimum Gasteiger partial charge on any atom is -0.748 e. The average molecular weight is 441 g/mol. The van der Waals surface area contributed by atoms with Crippen molar-refractivity contribution in [1.82, 2.24) is 29.9 Å². The summed E-state index contributed by atoms with van der Waals surface area (Å²) >= 11 is 0. The van der Waals surface area contributed by atoms with Crippen molar-refractivity contribution >= 4 is 39.3 Å². The van der Waals surface area contributed by atoms with Crippen LogP contribution in [0.25, 0.3) is 0 Å². The van der Waals surface area contributed by atoms with Gasteiger partial charge in [0.25, 0.3) is 0 Å². The van der Waals surface area contributed by atoms with Crippen LogP contribution in [0.3, 0.4) is 0 Å². The summed E-state index contributed by atoms with van der Waals surface area (Å²) in [6.45, 7) is 1.37. The number of H-pyrrole nitrogens is 2. The Morgan fingerprint density at radius 2 is 1.61 bits per heavy atom. The van der Waals surface area contributed by atoms with E-state index in [1.165, 1.54) is 0 Å². The van der Waals surface area contributed by atoms with Crippen LogP contribution in [0.15, 0.2) is 33.9 Å². The van der Waals surface area contributed by atoms with E-state index in [9.17, 15) is 22.6 Å². The molecule has 0 aliphatic rings. The standard InChI is InChI=1S/C15H17N9O5S.Li/c1-8-17-12(23-14(25)18-8)19-9-3-2-4-10(7-9)20-13-21-11(22-15(26)24-13)16-5-6-30(27,28)29;/h2-4,7H,5-6H2,1H3,(H,27,28,29)(H2,17,18,19,23,25)(H3,16,20,21,22,24,26);/q;+1/p-1. The molecule has 16 heteroatoms. The zero-order chi connectivity index (χ0) is 21.7. The van der Waals surface area contributed by atoms with Gasteiger partial charge in [-0.15, -0.1) is 0 Å².